The summed E-state index contributed by atoms with van der Waals surface area (Å²) in [6.07, 6.45) is 1.11. The number of nitrogens with one attached hydrogen (secondary N) is 1. The minimum Gasteiger partial charge on any atom is -0.316 e. The van der Waals surface area contributed by atoms with Crippen LogP contribution in [0, 0.1) is 17.7 Å². The Kier molecular flexibility index (Phi) is 4.21. The molecule has 1 aromatic rings. The van der Waals surface area contributed by atoms with Gasteiger partial charge in [-0.05, 0) is 61.0 Å². The van der Waals surface area contributed by atoms with Crippen LogP contribution in [0.4, 0.5) is 4.39 Å². The Balaban J connectivity index is 1.87. The summed E-state index contributed by atoms with van der Waals surface area (Å²) >= 11 is 3.40. The van der Waals surface area contributed by atoms with Crippen molar-refractivity contribution in [3.05, 3.63) is 34.1 Å². The maximum atomic E-state index is 13.6. The topological polar surface area (TPSA) is 12.0 Å². The Bertz CT molecular complexity index is 392. The van der Waals surface area contributed by atoms with E-state index in [0.717, 1.165) is 29.5 Å². The normalized spacial score (nSPS) is 23.1. The van der Waals surface area contributed by atoms with Crippen molar-refractivity contribution in [2.24, 2.45) is 11.8 Å². The molecule has 17 heavy (non-hydrogen) atoms. The lowest BCUT2D eigenvalue weighted by Gasteiger charge is -2.07. The largest absolute Gasteiger partial charge is 0.316 e. The van der Waals surface area contributed by atoms with Gasteiger partial charge in [0.15, 0.2) is 0 Å². The molecule has 1 saturated carbocycles. The first kappa shape index (κ1) is 13.0. The van der Waals surface area contributed by atoms with Crippen LogP contribution >= 0.6 is 15.9 Å². The number of halogens is 2. The SMILES string of the molecule is CC(C)CNCC1CC1c1cc(Br)ccc1F. The molecule has 0 radical (unpaired) electrons. The molecule has 94 valence electrons. The lowest BCUT2D eigenvalue weighted by molar-refractivity contribution is 0.530. The van der Waals surface area contributed by atoms with Crippen molar-refractivity contribution in [3.63, 3.8) is 0 Å². The number of hydrogen-bond acceptors (Lipinski definition) is 1. The zero-order valence-electron chi connectivity index (χ0n) is 10.3. The monoisotopic (exact) mass is 299 g/mol. The summed E-state index contributed by atoms with van der Waals surface area (Å²) < 4.78 is 14.6. The van der Waals surface area contributed by atoms with E-state index in [0.29, 0.717) is 17.8 Å². The smallest absolute Gasteiger partial charge is 0.126 e. The van der Waals surface area contributed by atoms with Gasteiger partial charge in [-0.25, -0.2) is 4.39 Å². The minimum absolute atomic E-state index is 0.0652. The van der Waals surface area contributed by atoms with Crippen molar-refractivity contribution >= 4 is 15.9 Å². The molecule has 0 spiro atoms. The summed E-state index contributed by atoms with van der Waals surface area (Å²) in [4.78, 5) is 0. The zero-order valence-corrected chi connectivity index (χ0v) is 11.9. The quantitative estimate of drug-likeness (QED) is 0.868. The lowest BCUT2D eigenvalue weighted by atomic mass is 10.1. The summed E-state index contributed by atoms with van der Waals surface area (Å²) in [5.74, 6) is 1.63. The van der Waals surface area contributed by atoms with E-state index in [9.17, 15) is 4.39 Å². The van der Waals surface area contributed by atoms with E-state index in [1.54, 1.807) is 12.1 Å². The summed E-state index contributed by atoms with van der Waals surface area (Å²) in [6.45, 7) is 6.45. The van der Waals surface area contributed by atoms with Crippen molar-refractivity contribution in [1.82, 2.24) is 5.32 Å². The Labute approximate surface area is 111 Å². The Hall–Kier alpha value is -0.410. The second-order valence-corrected chi connectivity index (χ2v) is 6.24. The average molecular weight is 300 g/mol. The van der Waals surface area contributed by atoms with Crippen LogP contribution in [0.1, 0.15) is 31.7 Å². The molecule has 1 aromatic carbocycles. The first-order chi connectivity index (χ1) is 8.08. The van der Waals surface area contributed by atoms with Gasteiger partial charge in [-0.15, -0.1) is 0 Å². The zero-order chi connectivity index (χ0) is 12.4. The second kappa shape index (κ2) is 5.49. The fourth-order valence-electron chi connectivity index (χ4n) is 2.21. The van der Waals surface area contributed by atoms with Crippen LogP contribution in [0.3, 0.4) is 0 Å². The first-order valence-corrected chi connectivity index (χ1v) is 7.03. The van der Waals surface area contributed by atoms with E-state index in [2.05, 4.69) is 35.1 Å². The highest BCUT2D eigenvalue weighted by Gasteiger charge is 2.39. The molecule has 0 aromatic heterocycles. The molecule has 1 aliphatic carbocycles. The average Bonchev–Trinajstić information content (AvgIpc) is 3.00. The van der Waals surface area contributed by atoms with Crippen molar-refractivity contribution in [2.45, 2.75) is 26.2 Å². The molecule has 1 aliphatic rings. The molecular weight excluding hydrogens is 281 g/mol. The van der Waals surface area contributed by atoms with E-state index < -0.39 is 0 Å². The fraction of sp³-hybridized carbons (Fsp3) is 0.571. The van der Waals surface area contributed by atoms with Crippen LogP contribution < -0.4 is 5.32 Å². The molecule has 2 unspecified atom stereocenters. The Morgan fingerprint density at radius 1 is 1.47 bits per heavy atom. The maximum Gasteiger partial charge on any atom is 0.126 e. The first-order valence-electron chi connectivity index (χ1n) is 6.23. The predicted molar refractivity (Wildman–Crippen MR) is 72.7 cm³/mol. The Morgan fingerprint density at radius 3 is 2.94 bits per heavy atom. The highest BCUT2D eigenvalue weighted by Crippen LogP contribution is 2.48. The summed E-state index contributed by atoms with van der Waals surface area (Å²) in [7, 11) is 0. The molecule has 0 aliphatic heterocycles. The molecule has 1 nitrogen and oxygen atoms in total. The van der Waals surface area contributed by atoms with Gasteiger partial charge in [0.1, 0.15) is 5.82 Å². The minimum atomic E-state index is -0.0652. The number of benzene rings is 1. The molecule has 1 fully saturated rings. The standard InChI is InChI=1S/C14H19BrFN/c1-9(2)7-17-8-10-5-12(10)13-6-11(15)3-4-14(13)16/h3-4,6,9-10,12,17H,5,7-8H2,1-2H3. The van der Waals surface area contributed by atoms with Crippen LogP contribution in [0.25, 0.3) is 0 Å². The molecule has 0 saturated heterocycles. The highest BCUT2D eigenvalue weighted by atomic mass is 79.9. The third-order valence-corrected chi connectivity index (χ3v) is 3.73. The van der Waals surface area contributed by atoms with Gasteiger partial charge in [-0.1, -0.05) is 29.8 Å². The van der Waals surface area contributed by atoms with Crippen LogP contribution in [-0.4, -0.2) is 13.1 Å². The van der Waals surface area contributed by atoms with E-state index in [1.165, 1.54) is 0 Å². The van der Waals surface area contributed by atoms with E-state index >= 15 is 0 Å². The van der Waals surface area contributed by atoms with Gasteiger partial charge in [-0.3, -0.25) is 0 Å². The number of hydrogen-bond donors (Lipinski definition) is 1. The Morgan fingerprint density at radius 2 is 2.24 bits per heavy atom. The van der Waals surface area contributed by atoms with Gasteiger partial charge in [0.2, 0.25) is 0 Å². The number of rotatable bonds is 5. The van der Waals surface area contributed by atoms with Gasteiger partial charge in [0, 0.05) is 4.47 Å². The second-order valence-electron chi connectivity index (χ2n) is 5.32. The third-order valence-electron chi connectivity index (χ3n) is 3.24. The van der Waals surface area contributed by atoms with Crippen molar-refractivity contribution in [1.29, 1.82) is 0 Å². The molecule has 2 atom stereocenters. The van der Waals surface area contributed by atoms with Crippen molar-refractivity contribution in [2.75, 3.05) is 13.1 Å². The predicted octanol–water partition coefficient (Wildman–Crippen LogP) is 3.94. The lowest BCUT2D eigenvalue weighted by Crippen LogP contribution is -2.22. The molecule has 0 heterocycles. The molecule has 0 amide bonds. The molecular formula is C14H19BrFN. The molecule has 0 bridgehead atoms. The van der Waals surface area contributed by atoms with Crippen LogP contribution in [-0.2, 0) is 0 Å². The summed E-state index contributed by atoms with van der Waals surface area (Å²) in [5, 5.41) is 3.45. The highest BCUT2D eigenvalue weighted by molar-refractivity contribution is 9.10. The van der Waals surface area contributed by atoms with Gasteiger partial charge in [0.05, 0.1) is 0 Å². The molecule has 2 rings (SSSR count). The van der Waals surface area contributed by atoms with E-state index in [1.807, 2.05) is 6.07 Å². The van der Waals surface area contributed by atoms with Crippen LogP contribution in [0.5, 0.6) is 0 Å². The van der Waals surface area contributed by atoms with Gasteiger partial charge in [0.25, 0.3) is 0 Å². The molecule has 1 N–H and O–H groups in total. The van der Waals surface area contributed by atoms with E-state index in [-0.39, 0.29) is 5.82 Å². The van der Waals surface area contributed by atoms with Gasteiger partial charge >= 0.3 is 0 Å². The fourth-order valence-corrected chi connectivity index (χ4v) is 2.59. The van der Waals surface area contributed by atoms with Gasteiger partial charge < -0.3 is 5.32 Å². The van der Waals surface area contributed by atoms with Crippen LogP contribution in [0.15, 0.2) is 22.7 Å². The third kappa shape index (κ3) is 3.52. The maximum absolute atomic E-state index is 13.6. The molecule has 3 heteroatoms. The van der Waals surface area contributed by atoms with E-state index in [4.69, 9.17) is 0 Å². The van der Waals surface area contributed by atoms with Crippen molar-refractivity contribution < 1.29 is 4.39 Å². The van der Waals surface area contributed by atoms with Crippen LogP contribution in [0.2, 0.25) is 0 Å². The summed E-state index contributed by atoms with van der Waals surface area (Å²) in [6, 6.07) is 5.23. The summed E-state index contributed by atoms with van der Waals surface area (Å²) in [5.41, 5.74) is 0.871. The van der Waals surface area contributed by atoms with Crippen molar-refractivity contribution in [3.8, 4) is 0 Å². The van der Waals surface area contributed by atoms with Gasteiger partial charge in [-0.2, -0.15) is 0 Å².